The zero-order valence-corrected chi connectivity index (χ0v) is 19.9. The molecule has 37 heavy (non-hydrogen) atoms. The number of nitrogens with two attached hydrogens (primary N) is 1. The standard InChI is InChI=1S/C25H25F3N6O3/c1-15-7-8-18(32-23(35)16-4-2-5-17(10-16)25(26,27)28)11-20(15)33-24(36)34(13-19-6-3-9-37-19)22-12-21(29)30-14-31-22/h2,4-5,7-8,10-12,14,19H,3,6,9,13H2,1H3,(H,32,35)(H,33,36)(H2,29,30,31). The molecular formula is C25H25F3N6O3. The number of nitrogen functional groups attached to an aromatic ring is 1. The summed E-state index contributed by atoms with van der Waals surface area (Å²) in [5.41, 5.74) is 6.10. The van der Waals surface area contributed by atoms with E-state index in [1.807, 2.05) is 0 Å². The molecule has 4 N–H and O–H groups in total. The molecule has 194 valence electrons. The van der Waals surface area contributed by atoms with Gasteiger partial charge >= 0.3 is 12.2 Å². The molecule has 0 aliphatic carbocycles. The van der Waals surface area contributed by atoms with Crippen LogP contribution in [0.2, 0.25) is 0 Å². The monoisotopic (exact) mass is 514 g/mol. The molecule has 1 unspecified atom stereocenters. The molecule has 2 aromatic carbocycles. The Bertz CT molecular complexity index is 1290. The summed E-state index contributed by atoms with van der Waals surface area (Å²) in [4.78, 5) is 35.4. The van der Waals surface area contributed by atoms with Crippen molar-refractivity contribution in [1.82, 2.24) is 9.97 Å². The molecule has 1 fully saturated rings. The Labute approximate surface area is 210 Å². The van der Waals surface area contributed by atoms with E-state index in [0.29, 0.717) is 29.4 Å². The lowest BCUT2D eigenvalue weighted by atomic mass is 10.1. The zero-order chi connectivity index (χ0) is 26.6. The van der Waals surface area contributed by atoms with Crippen LogP contribution in [0.15, 0.2) is 54.9 Å². The van der Waals surface area contributed by atoms with Crippen molar-refractivity contribution in [3.63, 3.8) is 0 Å². The molecule has 0 bridgehead atoms. The highest BCUT2D eigenvalue weighted by Gasteiger charge is 2.31. The smallest absolute Gasteiger partial charge is 0.384 e. The highest BCUT2D eigenvalue weighted by molar-refractivity contribution is 6.05. The fraction of sp³-hybridized carbons (Fsp3) is 0.280. The van der Waals surface area contributed by atoms with E-state index in [9.17, 15) is 22.8 Å². The Morgan fingerprint density at radius 1 is 1.14 bits per heavy atom. The first-order valence-electron chi connectivity index (χ1n) is 11.5. The summed E-state index contributed by atoms with van der Waals surface area (Å²) in [5.74, 6) is -0.221. The lowest BCUT2D eigenvalue weighted by Gasteiger charge is -2.25. The van der Waals surface area contributed by atoms with Crippen LogP contribution < -0.4 is 21.3 Å². The van der Waals surface area contributed by atoms with Gasteiger partial charge in [0.25, 0.3) is 5.91 Å². The second kappa shape index (κ2) is 10.8. The first-order chi connectivity index (χ1) is 17.6. The number of amides is 3. The van der Waals surface area contributed by atoms with Gasteiger partial charge in [0, 0.05) is 29.6 Å². The van der Waals surface area contributed by atoms with Gasteiger partial charge in [-0.3, -0.25) is 9.69 Å². The maximum Gasteiger partial charge on any atom is 0.416 e. The molecule has 0 saturated carbocycles. The van der Waals surface area contributed by atoms with Crippen molar-refractivity contribution in [3.05, 3.63) is 71.5 Å². The predicted octanol–water partition coefficient (Wildman–Crippen LogP) is 4.86. The summed E-state index contributed by atoms with van der Waals surface area (Å²) in [7, 11) is 0. The molecule has 1 saturated heterocycles. The number of aryl methyl sites for hydroxylation is 1. The van der Waals surface area contributed by atoms with E-state index in [1.54, 1.807) is 19.1 Å². The van der Waals surface area contributed by atoms with E-state index >= 15 is 0 Å². The van der Waals surface area contributed by atoms with Crippen LogP contribution in [0.1, 0.15) is 34.3 Å². The van der Waals surface area contributed by atoms with Crippen LogP contribution in [0.5, 0.6) is 0 Å². The fourth-order valence-corrected chi connectivity index (χ4v) is 3.84. The third kappa shape index (κ3) is 6.53. The van der Waals surface area contributed by atoms with Crippen LogP contribution >= 0.6 is 0 Å². The lowest BCUT2D eigenvalue weighted by Crippen LogP contribution is -2.41. The molecule has 9 nitrogen and oxygen atoms in total. The van der Waals surface area contributed by atoms with Gasteiger partial charge in [0.2, 0.25) is 0 Å². The number of aromatic nitrogens is 2. The quantitative estimate of drug-likeness (QED) is 0.432. The number of halogens is 3. The van der Waals surface area contributed by atoms with Crippen molar-refractivity contribution in [1.29, 1.82) is 0 Å². The molecule has 1 aliphatic heterocycles. The van der Waals surface area contributed by atoms with E-state index in [0.717, 1.165) is 25.0 Å². The molecule has 4 rings (SSSR count). The average Bonchev–Trinajstić information content (AvgIpc) is 3.37. The van der Waals surface area contributed by atoms with E-state index in [1.165, 1.54) is 35.5 Å². The lowest BCUT2D eigenvalue weighted by molar-refractivity contribution is -0.137. The third-order valence-electron chi connectivity index (χ3n) is 5.79. The minimum Gasteiger partial charge on any atom is -0.384 e. The van der Waals surface area contributed by atoms with Crippen molar-refractivity contribution in [3.8, 4) is 0 Å². The number of hydrogen-bond acceptors (Lipinski definition) is 6. The number of hydrogen-bond donors (Lipinski definition) is 3. The average molecular weight is 515 g/mol. The van der Waals surface area contributed by atoms with Crippen molar-refractivity contribution in [2.45, 2.75) is 32.0 Å². The first kappa shape index (κ1) is 25.9. The van der Waals surface area contributed by atoms with Crippen LogP contribution in [0.4, 0.5) is 41.0 Å². The van der Waals surface area contributed by atoms with Gasteiger partial charge in [-0.05, 0) is 55.7 Å². The largest absolute Gasteiger partial charge is 0.416 e. The van der Waals surface area contributed by atoms with Crippen molar-refractivity contribution in [2.75, 3.05) is 34.4 Å². The molecule has 0 radical (unpaired) electrons. The number of ether oxygens (including phenoxy) is 1. The topological polar surface area (TPSA) is 122 Å². The Kier molecular flexibility index (Phi) is 7.58. The van der Waals surface area contributed by atoms with Crippen LogP contribution in [0, 0.1) is 6.92 Å². The Hall–Kier alpha value is -4.19. The molecule has 1 atom stereocenters. The third-order valence-corrected chi connectivity index (χ3v) is 5.79. The Morgan fingerprint density at radius 3 is 2.65 bits per heavy atom. The number of anilines is 4. The van der Waals surface area contributed by atoms with Crippen molar-refractivity contribution < 1.29 is 27.5 Å². The molecule has 0 spiro atoms. The maximum atomic E-state index is 13.3. The van der Waals surface area contributed by atoms with Crippen LogP contribution in [0.3, 0.4) is 0 Å². The van der Waals surface area contributed by atoms with E-state index in [-0.39, 0.29) is 24.0 Å². The highest BCUT2D eigenvalue weighted by Crippen LogP contribution is 2.30. The van der Waals surface area contributed by atoms with Gasteiger partial charge in [-0.25, -0.2) is 14.8 Å². The van der Waals surface area contributed by atoms with Crippen molar-refractivity contribution in [2.24, 2.45) is 0 Å². The minimum atomic E-state index is -4.57. The summed E-state index contributed by atoms with van der Waals surface area (Å²) in [6, 6.07) is 9.89. The van der Waals surface area contributed by atoms with Crippen LogP contribution in [-0.2, 0) is 10.9 Å². The molecule has 12 heteroatoms. The molecule has 3 amide bonds. The van der Waals surface area contributed by atoms with Crippen molar-refractivity contribution >= 4 is 34.9 Å². The summed E-state index contributed by atoms with van der Waals surface area (Å²) < 4.78 is 44.7. The number of urea groups is 1. The summed E-state index contributed by atoms with van der Waals surface area (Å²) in [5, 5.41) is 5.39. The summed E-state index contributed by atoms with van der Waals surface area (Å²) >= 11 is 0. The second-order valence-electron chi connectivity index (χ2n) is 8.54. The Balaban J connectivity index is 1.53. The van der Waals surface area contributed by atoms with Gasteiger partial charge in [0.15, 0.2) is 0 Å². The van der Waals surface area contributed by atoms with E-state index in [4.69, 9.17) is 10.5 Å². The number of alkyl halides is 3. The Morgan fingerprint density at radius 2 is 1.95 bits per heavy atom. The minimum absolute atomic E-state index is 0.148. The van der Waals surface area contributed by atoms with Gasteiger partial charge < -0.3 is 21.1 Å². The molecule has 1 aliphatic rings. The normalized spacial score (nSPS) is 15.3. The number of nitrogens with one attached hydrogen (secondary N) is 2. The van der Waals surface area contributed by atoms with Crippen LogP contribution in [0.25, 0.3) is 0 Å². The molecule has 1 aromatic heterocycles. The maximum absolute atomic E-state index is 13.3. The van der Waals surface area contributed by atoms with Gasteiger partial charge in [0.1, 0.15) is 18.0 Å². The molecule has 2 heterocycles. The predicted molar refractivity (Wildman–Crippen MR) is 132 cm³/mol. The fourth-order valence-electron chi connectivity index (χ4n) is 3.84. The summed E-state index contributed by atoms with van der Waals surface area (Å²) in [6.45, 7) is 2.62. The number of benzene rings is 2. The first-order valence-corrected chi connectivity index (χ1v) is 11.5. The van der Waals surface area contributed by atoms with Gasteiger partial charge in [0.05, 0.1) is 18.2 Å². The highest BCUT2D eigenvalue weighted by atomic mass is 19.4. The SMILES string of the molecule is Cc1ccc(NC(=O)c2cccc(C(F)(F)F)c2)cc1NC(=O)N(CC1CCCO1)c1cc(N)ncn1. The van der Waals surface area contributed by atoms with Gasteiger partial charge in [-0.1, -0.05) is 12.1 Å². The number of rotatable bonds is 6. The van der Waals surface area contributed by atoms with E-state index in [2.05, 4.69) is 20.6 Å². The second-order valence-corrected chi connectivity index (χ2v) is 8.54. The number of carbonyl (C=O) groups is 2. The molecule has 3 aromatic rings. The van der Waals surface area contributed by atoms with E-state index < -0.39 is 23.7 Å². The number of nitrogens with zero attached hydrogens (tertiary/aromatic N) is 3. The van der Waals surface area contributed by atoms with Gasteiger partial charge in [-0.15, -0.1) is 0 Å². The number of carbonyl (C=O) groups excluding carboxylic acids is 2. The van der Waals surface area contributed by atoms with Crippen LogP contribution in [-0.4, -0.2) is 41.2 Å². The van der Waals surface area contributed by atoms with Gasteiger partial charge in [-0.2, -0.15) is 13.2 Å². The summed E-state index contributed by atoms with van der Waals surface area (Å²) in [6.07, 6.45) is -1.79. The zero-order valence-electron chi connectivity index (χ0n) is 19.9. The molecular weight excluding hydrogens is 489 g/mol.